The van der Waals surface area contributed by atoms with Crippen molar-refractivity contribution in [3.8, 4) is 0 Å². The third-order valence-electron chi connectivity index (χ3n) is 6.75. The van der Waals surface area contributed by atoms with E-state index in [2.05, 4.69) is 33.9 Å². The van der Waals surface area contributed by atoms with Gasteiger partial charge in [0.1, 0.15) is 24.4 Å². The van der Waals surface area contributed by atoms with Crippen LogP contribution in [0.2, 0.25) is 18.1 Å². The fourth-order valence-electron chi connectivity index (χ4n) is 3.90. The zero-order chi connectivity index (χ0) is 24.8. The van der Waals surface area contributed by atoms with E-state index < -0.39 is 32.1 Å². The normalized spacial score (nSPS) is 26.7. The fraction of sp³-hybridized carbons (Fsp3) is 0.667. The monoisotopic (exact) mass is 480 g/mol. The third kappa shape index (κ3) is 5.17. The largest absolute Gasteiger partial charge is 0.465 e. The van der Waals surface area contributed by atoms with Crippen LogP contribution in [0.3, 0.4) is 0 Å². The Morgan fingerprint density at radius 3 is 2.15 bits per heavy atom. The van der Waals surface area contributed by atoms with Gasteiger partial charge in [-0.2, -0.15) is 0 Å². The maximum Gasteiger partial charge on any atom is 0.338 e. The summed E-state index contributed by atoms with van der Waals surface area (Å²) in [5.41, 5.74) is 0.930. The van der Waals surface area contributed by atoms with Gasteiger partial charge in [0.25, 0.3) is 0 Å². The fourth-order valence-corrected chi connectivity index (χ4v) is 4.91. The van der Waals surface area contributed by atoms with Crippen molar-refractivity contribution in [2.45, 2.75) is 83.0 Å². The van der Waals surface area contributed by atoms with Crippen molar-refractivity contribution in [3.05, 3.63) is 34.9 Å². The molecule has 33 heavy (non-hydrogen) atoms. The van der Waals surface area contributed by atoms with Crippen LogP contribution in [0.5, 0.6) is 0 Å². The van der Waals surface area contributed by atoms with Gasteiger partial charge in [-0.1, -0.05) is 26.8 Å². The molecule has 0 bridgehead atoms. The van der Waals surface area contributed by atoms with Crippen LogP contribution in [0, 0.1) is 0 Å². The zero-order valence-corrected chi connectivity index (χ0v) is 22.0. The van der Waals surface area contributed by atoms with Gasteiger partial charge in [-0.3, -0.25) is 0 Å². The molecule has 0 saturated carbocycles. The Labute approximate surface area is 196 Å². The number of hydrogen-bond acceptors (Lipinski definition) is 8. The summed E-state index contributed by atoms with van der Waals surface area (Å²) in [6, 6.07) is 4.89. The summed E-state index contributed by atoms with van der Waals surface area (Å²) < 4.78 is 34.9. The van der Waals surface area contributed by atoms with Crippen molar-refractivity contribution in [1.29, 1.82) is 0 Å². The van der Waals surface area contributed by atoms with Gasteiger partial charge < -0.3 is 28.1 Å². The number of rotatable bonds is 6. The van der Waals surface area contributed by atoms with E-state index in [-0.39, 0.29) is 34.5 Å². The summed E-state index contributed by atoms with van der Waals surface area (Å²) in [6.07, 6.45) is -1.54. The van der Waals surface area contributed by atoms with Crippen LogP contribution in [0.15, 0.2) is 18.2 Å². The zero-order valence-electron chi connectivity index (χ0n) is 21.0. The highest BCUT2D eigenvalue weighted by Crippen LogP contribution is 2.46. The third-order valence-corrected chi connectivity index (χ3v) is 11.2. The van der Waals surface area contributed by atoms with E-state index in [1.165, 1.54) is 14.2 Å². The Morgan fingerprint density at radius 1 is 1.00 bits per heavy atom. The molecule has 0 aliphatic carbocycles. The number of carbonyl (C=O) groups is 2. The highest BCUT2D eigenvalue weighted by atomic mass is 28.4. The van der Waals surface area contributed by atoms with Crippen LogP contribution in [-0.2, 0) is 28.1 Å². The van der Waals surface area contributed by atoms with Crippen molar-refractivity contribution in [3.63, 3.8) is 0 Å². The highest BCUT2D eigenvalue weighted by molar-refractivity contribution is 6.74. The molecule has 1 aromatic carbocycles. The predicted octanol–water partition coefficient (Wildman–Crippen LogP) is 4.24. The lowest BCUT2D eigenvalue weighted by Crippen LogP contribution is -2.44. The number of ether oxygens (including phenoxy) is 5. The van der Waals surface area contributed by atoms with Gasteiger partial charge >= 0.3 is 11.9 Å². The SMILES string of the molecule is COC(=O)c1ccc([C@H]2O[C@H](CO[Si](C)(C)C(C)(C)C)[C@H]3OC(C)(C)O[C@H]32)cc1C(=O)OC. The second-order valence-electron chi connectivity index (χ2n) is 10.5. The molecule has 2 aliphatic heterocycles. The maximum absolute atomic E-state index is 12.4. The van der Waals surface area contributed by atoms with Crippen LogP contribution in [0.1, 0.15) is 67.0 Å². The van der Waals surface area contributed by atoms with Crippen LogP contribution < -0.4 is 0 Å². The summed E-state index contributed by atoms with van der Waals surface area (Å²) in [7, 11) is 0.536. The molecule has 0 unspecified atom stereocenters. The van der Waals surface area contributed by atoms with E-state index in [4.69, 9.17) is 28.1 Å². The van der Waals surface area contributed by atoms with Gasteiger partial charge in [-0.05, 0) is 49.7 Å². The average Bonchev–Trinajstić information content (AvgIpc) is 3.22. The van der Waals surface area contributed by atoms with E-state index in [0.717, 1.165) is 0 Å². The van der Waals surface area contributed by atoms with Gasteiger partial charge in [-0.15, -0.1) is 0 Å². The van der Waals surface area contributed by atoms with E-state index in [1.54, 1.807) is 18.2 Å². The van der Waals surface area contributed by atoms with Gasteiger partial charge in [0, 0.05) is 0 Å². The molecule has 3 rings (SSSR count). The lowest BCUT2D eigenvalue weighted by molar-refractivity contribution is -0.190. The van der Waals surface area contributed by atoms with Crippen molar-refractivity contribution in [1.82, 2.24) is 0 Å². The lowest BCUT2D eigenvalue weighted by Gasteiger charge is -2.37. The minimum absolute atomic E-state index is 0.0653. The lowest BCUT2D eigenvalue weighted by atomic mass is 9.97. The van der Waals surface area contributed by atoms with Gasteiger partial charge in [0.2, 0.25) is 0 Å². The topological polar surface area (TPSA) is 89.5 Å². The molecule has 2 aliphatic rings. The van der Waals surface area contributed by atoms with Crippen molar-refractivity contribution < 1.29 is 37.7 Å². The number of fused-ring (bicyclic) bond motifs is 1. The number of benzene rings is 1. The second kappa shape index (κ2) is 9.11. The number of esters is 2. The van der Waals surface area contributed by atoms with Crippen LogP contribution in [-0.4, -0.2) is 65.2 Å². The summed E-state index contributed by atoms with van der Waals surface area (Å²) in [5.74, 6) is -2.02. The molecule has 0 N–H and O–H groups in total. The second-order valence-corrected chi connectivity index (χ2v) is 15.3. The molecule has 0 spiro atoms. The average molecular weight is 481 g/mol. The molecule has 0 radical (unpaired) electrons. The summed E-state index contributed by atoms with van der Waals surface area (Å²) in [6.45, 7) is 15.1. The molecular weight excluding hydrogens is 444 g/mol. The first kappa shape index (κ1) is 25.8. The highest BCUT2D eigenvalue weighted by Gasteiger charge is 2.56. The standard InChI is InChI=1S/C24H36O8Si/c1-23(2,3)33(8,9)29-13-17-19-20(32-24(4,5)31-19)18(30-17)14-10-11-15(21(25)27-6)16(12-14)22(26)28-7/h10-12,17-20H,13H2,1-9H3/t17-,18-,19-,20+/m1/s1. The molecule has 2 fully saturated rings. The van der Waals surface area contributed by atoms with Crippen molar-refractivity contribution in [2.75, 3.05) is 20.8 Å². The molecule has 0 aromatic heterocycles. The minimum atomic E-state index is -2.00. The quantitative estimate of drug-likeness (QED) is 0.441. The van der Waals surface area contributed by atoms with E-state index in [0.29, 0.717) is 12.2 Å². The number of carbonyl (C=O) groups excluding carboxylic acids is 2. The molecular formula is C24H36O8Si. The van der Waals surface area contributed by atoms with Gasteiger partial charge in [-0.25, -0.2) is 9.59 Å². The number of methoxy groups -OCH3 is 2. The molecule has 9 heteroatoms. The Morgan fingerprint density at radius 2 is 1.58 bits per heavy atom. The van der Waals surface area contributed by atoms with Crippen LogP contribution in [0.4, 0.5) is 0 Å². The van der Waals surface area contributed by atoms with Crippen LogP contribution in [0.25, 0.3) is 0 Å². The van der Waals surface area contributed by atoms with Crippen molar-refractivity contribution >= 4 is 20.3 Å². The molecule has 2 heterocycles. The number of hydrogen-bond donors (Lipinski definition) is 0. The van der Waals surface area contributed by atoms with Gasteiger partial charge in [0.15, 0.2) is 14.1 Å². The molecule has 0 amide bonds. The Balaban J connectivity index is 1.91. The Hall–Kier alpha value is -1.78. The van der Waals surface area contributed by atoms with E-state index in [9.17, 15) is 9.59 Å². The summed E-state index contributed by atoms with van der Waals surface area (Å²) in [4.78, 5) is 24.5. The Kier molecular flexibility index (Phi) is 7.13. The molecule has 184 valence electrons. The maximum atomic E-state index is 12.4. The Bertz CT molecular complexity index is 904. The van der Waals surface area contributed by atoms with Crippen molar-refractivity contribution in [2.24, 2.45) is 0 Å². The van der Waals surface area contributed by atoms with E-state index >= 15 is 0 Å². The first-order valence-electron chi connectivity index (χ1n) is 11.2. The minimum Gasteiger partial charge on any atom is -0.465 e. The first-order chi connectivity index (χ1) is 15.2. The smallest absolute Gasteiger partial charge is 0.338 e. The molecule has 1 aromatic rings. The summed E-state index contributed by atoms with van der Waals surface area (Å²) >= 11 is 0. The van der Waals surface area contributed by atoms with Crippen LogP contribution >= 0.6 is 0 Å². The van der Waals surface area contributed by atoms with Gasteiger partial charge in [0.05, 0.1) is 32.0 Å². The molecule has 8 nitrogen and oxygen atoms in total. The summed E-state index contributed by atoms with van der Waals surface area (Å²) in [5, 5.41) is 0.0653. The predicted molar refractivity (Wildman–Crippen MR) is 124 cm³/mol. The van der Waals surface area contributed by atoms with E-state index in [1.807, 2.05) is 13.8 Å². The molecule has 4 atom stereocenters. The first-order valence-corrected chi connectivity index (χ1v) is 14.1. The molecule has 2 saturated heterocycles.